The van der Waals surface area contributed by atoms with E-state index in [4.69, 9.17) is 0 Å². The number of rotatable bonds is 0. The normalized spacial score (nSPS) is 37.0. The Morgan fingerprint density at radius 2 is 2.11 bits per heavy atom. The van der Waals surface area contributed by atoms with Gasteiger partial charge in [-0.2, -0.15) is 0 Å². The van der Waals surface area contributed by atoms with Gasteiger partial charge in [0.15, 0.2) is 0 Å². The van der Waals surface area contributed by atoms with Gasteiger partial charge in [0, 0.05) is 9.52 Å². The van der Waals surface area contributed by atoms with Crippen molar-refractivity contribution in [2.75, 3.05) is 0 Å². The average molecular weight is 142 g/mol. The Labute approximate surface area is 60.9 Å². The van der Waals surface area contributed by atoms with Gasteiger partial charge in [0.25, 0.3) is 0 Å². The van der Waals surface area contributed by atoms with Crippen LogP contribution < -0.4 is 0 Å². The van der Waals surface area contributed by atoms with Crippen molar-refractivity contribution in [1.82, 2.24) is 0 Å². The first kappa shape index (κ1) is 7.33. The monoisotopic (exact) mass is 142 g/mol. The molecule has 0 aliphatic carbocycles. The molecule has 0 radical (unpaired) electrons. The molecule has 0 aromatic carbocycles. The van der Waals surface area contributed by atoms with Crippen molar-refractivity contribution in [3.63, 3.8) is 0 Å². The van der Waals surface area contributed by atoms with Crippen LogP contribution in [-0.2, 0) is 0 Å². The van der Waals surface area contributed by atoms with Crippen LogP contribution in [0.2, 0.25) is 11.1 Å². The fourth-order valence-corrected chi connectivity index (χ4v) is 4.63. The zero-order chi connectivity index (χ0) is 6.91. The second-order valence-electron chi connectivity index (χ2n) is 4.37. The lowest BCUT2D eigenvalue weighted by atomic mass is 9.95. The summed E-state index contributed by atoms with van der Waals surface area (Å²) in [7, 11) is 0.305. The van der Waals surface area contributed by atoms with Crippen molar-refractivity contribution in [1.29, 1.82) is 0 Å². The maximum atomic E-state index is 2.45. The van der Waals surface area contributed by atoms with Crippen LogP contribution in [0.4, 0.5) is 0 Å². The Morgan fingerprint density at radius 3 is 2.44 bits per heavy atom. The molecule has 9 heavy (non-hydrogen) atoms. The molecular weight excluding hydrogens is 124 g/mol. The lowest BCUT2D eigenvalue weighted by Gasteiger charge is -2.32. The van der Waals surface area contributed by atoms with Gasteiger partial charge in [-0.1, -0.05) is 33.2 Å². The van der Waals surface area contributed by atoms with Crippen molar-refractivity contribution in [2.24, 2.45) is 5.92 Å². The van der Waals surface area contributed by atoms with Crippen LogP contribution in [0.25, 0.3) is 0 Å². The molecule has 1 saturated heterocycles. The SMILES string of the molecule is CC1CC[SiH2]C(C)(C)C1. The highest BCUT2D eigenvalue weighted by molar-refractivity contribution is 6.40. The average Bonchev–Trinajstić information content (AvgIpc) is 1.60. The standard InChI is InChI=1S/C8H18Si/c1-7-4-5-9-8(2,3)6-7/h7H,4-6,9H2,1-3H3. The van der Waals surface area contributed by atoms with Crippen molar-refractivity contribution in [3.05, 3.63) is 0 Å². The highest BCUT2D eigenvalue weighted by Gasteiger charge is 2.25. The molecule has 1 rings (SSSR count). The number of hydrogen-bond acceptors (Lipinski definition) is 0. The molecule has 0 aromatic heterocycles. The van der Waals surface area contributed by atoms with E-state index >= 15 is 0 Å². The van der Waals surface area contributed by atoms with Gasteiger partial charge in [0.1, 0.15) is 0 Å². The van der Waals surface area contributed by atoms with Crippen molar-refractivity contribution >= 4 is 9.52 Å². The van der Waals surface area contributed by atoms with Gasteiger partial charge in [-0.15, -0.1) is 0 Å². The quantitative estimate of drug-likeness (QED) is 0.455. The van der Waals surface area contributed by atoms with Gasteiger partial charge >= 0.3 is 0 Å². The molecule has 0 spiro atoms. The Bertz CT molecular complexity index is 96.7. The maximum Gasteiger partial charge on any atom is 0.0264 e. The van der Waals surface area contributed by atoms with Gasteiger partial charge in [0.05, 0.1) is 0 Å². The summed E-state index contributed by atoms with van der Waals surface area (Å²) >= 11 is 0. The summed E-state index contributed by atoms with van der Waals surface area (Å²) in [4.78, 5) is 0. The largest absolute Gasteiger partial charge is 0.0629 e. The fraction of sp³-hybridized carbons (Fsp3) is 1.00. The Morgan fingerprint density at radius 1 is 1.44 bits per heavy atom. The summed E-state index contributed by atoms with van der Waals surface area (Å²) in [6.45, 7) is 7.30. The van der Waals surface area contributed by atoms with Gasteiger partial charge in [-0.05, 0) is 17.4 Å². The molecule has 54 valence electrons. The molecule has 1 aliphatic rings. The van der Waals surface area contributed by atoms with Gasteiger partial charge in [-0.25, -0.2) is 0 Å². The first-order valence-electron chi connectivity index (χ1n) is 4.10. The first-order chi connectivity index (χ1) is 4.10. The second kappa shape index (κ2) is 2.45. The van der Waals surface area contributed by atoms with E-state index in [9.17, 15) is 0 Å². The molecule has 1 heteroatoms. The third-order valence-electron chi connectivity index (χ3n) is 2.45. The zero-order valence-corrected chi connectivity index (χ0v) is 8.32. The second-order valence-corrected chi connectivity index (χ2v) is 7.49. The molecule has 0 bridgehead atoms. The van der Waals surface area contributed by atoms with E-state index in [1.165, 1.54) is 12.8 Å². The minimum Gasteiger partial charge on any atom is -0.0629 e. The van der Waals surface area contributed by atoms with E-state index in [1.807, 2.05) is 0 Å². The molecular formula is C8H18Si. The van der Waals surface area contributed by atoms with E-state index in [0.29, 0.717) is 9.52 Å². The van der Waals surface area contributed by atoms with Crippen LogP contribution in [0.15, 0.2) is 0 Å². The van der Waals surface area contributed by atoms with Crippen LogP contribution in [0.3, 0.4) is 0 Å². The topological polar surface area (TPSA) is 0 Å². The van der Waals surface area contributed by atoms with E-state index in [-0.39, 0.29) is 0 Å². The molecule has 0 saturated carbocycles. The predicted octanol–water partition coefficient (Wildman–Crippen LogP) is 2.20. The molecule has 1 fully saturated rings. The number of hydrogen-bond donors (Lipinski definition) is 0. The predicted molar refractivity (Wildman–Crippen MR) is 45.8 cm³/mol. The summed E-state index contributed by atoms with van der Waals surface area (Å²) < 4.78 is 0. The third kappa shape index (κ3) is 2.13. The maximum absolute atomic E-state index is 2.45. The molecule has 1 heterocycles. The van der Waals surface area contributed by atoms with E-state index in [2.05, 4.69) is 20.8 Å². The van der Waals surface area contributed by atoms with E-state index < -0.39 is 0 Å². The van der Waals surface area contributed by atoms with Crippen molar-refractivity contribution in [2.45, 2.75) is 44.7 Å². The molecule has 0 aromatic rings. The summed E-state index contributed by atoms with van der Waals surface area (Å²) in [5, 5.41) is 0.789. The van der Waals surface area contributed by atoms with Crippen LogP contribution in [0.1, 0.15) is 33.6 Å². The molecule has 0 amide bonds. The molecule has 0 N–H and O–H groups in total. The lowest BCUT2D eigenvalue weighted by Crippen LogP contribution is -2.21. The summed E-state index contributed by atoms with van der Waals surface area (Å²) in [5.74, 6) is 1.02. The summed E-state index contributed by atoms with van der Waals surface area (Å²) in [5.41, 5.74) is 0. The van der Waals surface area contributed by atoms with Gasteiger partial charge < -0.3 is 0 Å². The highest BCUT2D eigenvalue weighted by Crippen LogP contribution is 2.38. The molecule has 1 aliphatic heterocycles. The third-order valence-corrected chi connectivity index (χ3v) is 4.86. The summed E-state index contributed by atoms with van der Waals surface area (Å²) in [6.07, 6.45) is 3.02. The van der Waals surface area contributed by atoms with E-state index in [0.717, 1.165) is 11.0 Å². The fourth-order valence-electron chi connectivity index (χ4n) is 2.08. The lowest BCUT2D eigenvalue weighted by molar-refractivity contribution is 0.413. The Kier molecular flexibility index (Phi) is 1.99. The highest BCUT2D eigenvalue weighted by atomic mass is 28.2. The minimum atomic E-state index is 0.305. The van der Waals surface area contributed by atoms with Crippen molar-refractivity contribution < 1.29 is 0 Å². The molecule has 1 unspecified atom stereocenters. The molecule has 1 atom stereocenters. The Balaban J connectivity index is 2.41. The van der Waals surface area contributed by atoms with Crippen LogP contribution in [0, 0.1) is 5.92 Å². The first-order valence-corrected chi connectivity index (χ1v) is 5.81. The van der Waals surface area contributed by atoms with E-state index in [1.54, 1.807) is 6.04 Å². The van der Waals surface area contributed by atoms with Crippen LogP contribution >= 0.6 is 0 Å². The minimum absolute atomic E-state index is 0.305. The Hall–Kier alpha value is 0.217. The van der Waals surface area contributed by atoms with Crippen LogP contribution in [0.5, 0.6) is 0 Å². The molecule has 0 nitrogen and oxygen atoms in total. The van der Waals surface area contributed by atoms with Crippen LogP contribution in [-0.4, -0.2) is 9.52 Å². The van der Waals surface area contributed by atoms with Gasteiger partial charge in [0.2, 0.25) is 0 Å². The van der Waals surface area contributed by atoms with Crippen molar-refractivity contribution in [3.8, 4) is 0 Å². The smallest absolute Gasteiger partial charge is 0.0264 e. The zero-order valence-electron chi connectivity index (χ0n) is 6.91. The summed E-state index contributed by atoms with van der Waals surface area (Å²) in [6, 6.07) is 1.59. The van der Waals surface area contributed by atoms with Gasteiger partial charge in [-0.3, -0.25) is 0 Å².